The maximum absolute atomic E-state index is 4.20. The smallest absolute Gasteiger partial charge is 0.00435 e. The van der Waals surface area contributed by atoms with Gasteiger partial charge in [0.05, 0.1) is 0 Å². The van der Waals surface area contributed by atoms with E-state index in [-0.39, 0.29) is 5.41 Å². The highest BCUT2D eigenvalue weighted by molar-refractivity contribution is 7.80. The van der Waals surface area contributed by atoms with Crippen LogP contribution in [0.4, 0.5) is 0 Å². The topological polar surface area (TPSA) is 12.0 Å². The molecule has 1 nitrogen and oxygen atoms in total. The Bertz CT molecular complexity index is 345. The van der Waals surface area contributed by atoms with E-state index in [1.807, 2.05) is 0 Å². The summed E-state index contributed by atoms with van der Waals surface area (Å²) in [7, 11) is 0. The molecule has 0 amide bonds. The number of benzene rings is 1. The van der Waals surface area contributed by atoms with E-state index in [1.54, 1.807) is 0 Å². The summed E-state index contributed by atoms with van der Waals surface area (Å²) in [6.07, 6.45) is 0. The monoisotopic (exact) mass is 237 g/mol. The van der Waals surface area contributed by atoms with Gasteiger partial charge >= 0.3 is 0 Å². The number of hydrogen-bond donors (Lipinski definition) is 2. The van der Waals surface area contributed by atoms with Crippen LogP contribution in [0.1, 0.15) is 30.5 Å². The molecule has 1 aromatic carbocycles. The van der Waals surface area contributed by atoms with Gasteiger partial charge in [-0.2, -0.15) is 12.6 Å². The minimum absolute atomic E-state index is 0.182. The second-order valence-electron chi connectivity index (χ2n) is 5.08. The van der Waals surface area contributed by atoms with Crippen LogP contribution in [0.15, 0.2) is 18.2 Å². The number of nitrogens with one attached hydrogen (secondary N) is 1. The average molecular weight is 237 g/mol. The highest BCUT2D eigenvalue weighted by atomic mass is 32.1. The molecule has 0 unspecified atom stereocenters. The third-order valence-electron chi connectivity index (χ3n) is 3.14. The van der Waals surface area contributed by atoms with E-state index in [0.29, 0.717) is 0 Å². The van der Waals surface area contributed by atoms with Crippen molar-refractivity contribution in [1.82, 2.24) is 5.32 Å². The lowest BCUT2D eigenvalue weighted by Crippen LogP contribution is -2.34. The van der Waals surface area contributed by atoms with E-state index in [4.69, 9.17) is 0 Å². The molecule has 1 N–H and O–H groups in total. The summed E-state index contributed by atoms with van der Waals surface area (Å²) in [6.45, 7) is 10.9. The first-order valence-electron chi connectivity index (χ1n) is 5.86. The fraction of sp³-hybridized carbons (Fsp3) is 0.571. The Morgan fingerprint density at radius 2 is 1.88 bits per heavy atom. The first-order chi connectivity index (χ1) is 7.47. The molecule has 0 saturated heterocycles. The molecule has 0 radical (unpaired) electrons. The van der Waals surface area contributed by atoms with E-state index in [1.165, 1.54) is 16.7 Å². The Hall–Kier alpha value is -0.470. The minimum atomic E-state index is 0.182. The molecule has 1 aromatic rings. The third kappa shape index (κ3) is 3.53. The molecule has 16 heavy (non-hydrogen) atoms. The molecule has 0 heterocycles. The van der Waals surface area contributed by atoms with Gasteiger partial charge in [0.25, 0.3) is 0 Å². The minimum Gasteiger partial charge on any atom is -0.315 e. The van der Waals surface area contributed by atoms with Crippen molar-refractivity contribution in [3.8, 4) is 0 Å². The van der Waals surface area contributed by atoms with Gasteiger partial charge in [0.2, 0.25) is 0 Å². The van der Waals surface area contributed by atoms with Gasteiger partial charge < -0.3 is 5.32 Å². The summed E-state index contributed by atoms with van der Waals surface area (Å²) in [4.78, 5) is 0. The Morgan fingerprint density at radius 3 is 2.44 bits per heavy atom. The Morgan fingerprint density at radius 1 is 1.19 bits per heavy atom. The van der Waals surface area contributed by atoms with Gasteiger partial charge in [0.15, 0.2) is 0 Å². The summed E-state index contributed by atoms with van der Waals surface area (Å²) in [6, 6.07) is 6.76. The summed E-state index contributed by atoms with van der Waals surface area (Å²) in [5.74, 6) is 0.892. The predicted molar refractivity (Wildman–Crippen MR) is 75.7 cm³/mol. The zero-order valence-corrected chi connectivity index (χ0v) is 11.7. The second kappa shape index (κ2) is 5.74. The predicted octanol–water partition coefficient (Wildman–Crippen LogP) is 3.10. The molecule has 90 valence electrons. The van der Waals surface area contributed by atoms with Crippen LogP contribution in [-0.4, -0.2) is 18.8 Å². The van der Waals surface area contributed by atoms with Gasteiger partial charge in [0.1, 0.15) is 0 Å². The number of aryl methyl sites for hydroxylation is 2. The fourth-order valence-electron chi connectivity index (χ4n) is 1.74. The molecule has 1 rings (SSSR count). The molecule has 0 aliphatic rings. The van der Waals surface area contributed by atoms with E-state index in [0.717, 1.165) is 18.8 Å². The van der Waals surface area contributed by atoms with Crippen LogP contribution in [0.3, 0.4) is 0 Å². The van der Waals surface area contributed by atoms with Crippen molar-refractivity contribution in [2.75, 3.05) is 18.8 Å². The highest BCUT2D eigenvalue weighted by Crippen LogP contribution is 2.24. The van der Waals surface area contributed by atoms with Crippen LogP contribution in [0, 0.1) is 13.8 Å². The lowest BCUT2D eigenvalue weighted by Gasteiger charge is -2.26. The molecule has 0 aliphatic carbocycles. The first kappa shape index (κ1) is 13.6. The van der Waals surface area contributed by atoms with Gasteiger partial charge in [-0.15, -0.1) is 0 Å². The fourth-order valence-corrected chi connectivity index (χ4v) is 1.90. The van der Waals surface area contributed by atoms with Crippen LogP contribution in [0.2, 0.25) is 0 Å². The van der Waals surface area contributed by atoms with Crippen molar-refractivity contribution in [2.24, 2.45) is 0 Å². The normalized spacial score (nSPS) is 11.8. The molecule has 0 fully saturated rings. The van der Waals surface area contributed by atoms with Gasteiger partial charge in [-0.1, -0.05) is 32.0 Å². The van der Waals surface area contributed by atoms with E-state index in [2.05, 4.69) is 63.8 Å². The molecule has 0 saturated carbocycles. The quantitative estimate of drug-likeness (QED) is 0.592. The summed E-state index contributed by atoms with van der Waals surface area (Å²) in [5.41, 5.74) is 4.33. The van der Waals surface area contributed by atoms with E-state index < -0.39 is 0 Å². The van der Waals surface area contributed by atoms with Crippen molar-refractivity contribution in [3.05, 3.63) is 34.9 Å². The second-order valence-corrected chi connectivity index (χ2v) is 5.53. The van der Waals surface area contributed by atoms with Crippen molar-refractivity contribution in [3.63, 3.8) is 0 Å². The molecular weight excluding hydrogens is 214 g/mol. The van der Waals surface area contributed by atoms with Crippen molar-refractivity contribution in [1.29, 1.82) is 0 Å². The molecule has 0 spiro atoms. The maximum atomic E-state index is 4.20. The third-order valence-corrected chi connectivity index (χ3v) is 3.37. The maximum Gasteiger partial charge on any atom is 0.00435 e. The number of thiol groups is 1. The lowest BCUT2D eigenvalue weighted by molar-refractivity contribution is 0.478. The largest absolute Gasteiger partial charge is 0.315 e. The molecule has 0 atom stereocenters. The Balaban J connectivity index is 2.76. The molecule has 0 aliphatic heterocycles. The van der Waals surface area contributed by atoms with E-state index in [9.17, 15) is 0 Å². The molecule has 2 heteroatoms. The van der Waals surface area contributed by atoms with Crippen LogP contribution in [0.25, 0.3) is 0 Å². The van der Waals surface area contributed by atoms with Gasteiger partial charge in [-0.05, 0) is 30.5 Å². The standard InChI is InChI=1S/C14H23NS/c1-11-5-6-13(9-12(11)2)14(3,4)10-15-7-8-16/h5-6,9,15-16H,7-8,10H2,1-4H3. The zero-order chi connectivity index (χ0) is 12.2. The van der Waals surface area contributed by atoms with Gasteiger partial charge in [-0.25, -0.2) is 0 Å². The molecular formula is C14H23NS. The van der Waals surface area contributed by atoms with E-state index >= 15 is 0 Å². The number of hydrogen-bond acceptors (Lipinski definition) is 2. The highest BCUT2D eigenvalue weighted by Gasteiger charge is 2.20. The van der Waals surface area contributed by atoms with Crippen LogP contribution >= 0.6 is 12.6 Å². The summed E-state index contributed by atoms with van der Waals surface area (Å²) in [5, 5.41) is 3.43. The van der Waals surface area contributed by atoms with Crippen LogP contribution < -0.4 is 5.32 Å². The van der Waals surface area contributed by atoms with Crippen molar-refractivity contribution < 1.29 is 0 Å². The molecule has 0 aromatic heterocycles. The first-order valence-corrected chi connectivity index (χ1v) is 6.50. The lowest BCUT2D eigenvalue weighted by atomic mass is 9.83. The SMILES string of the molecule is Cc1ccc(C(C)(C)CNCCS)cc1C. The van der Waals surface area contributed by atoms with Crippen molar-refractivity contribution in [2.45, 2.75) is 33.1 Å². The van der Waals surface area contributed by atoms with Crippen LogP contribution in [0.5, 0.6) is 0 Å². The van der Waals surface area contributed by atoms with Gasteiger partial charge in [0, 0.05) is 24.3 Å². The number of rotatable bonds is 5. The van der Waals surface area contributed by atoms with Crippen molar-refractivity contribution >= 4 is 12.6 Å². The zero-order valence-electron chi connectivity index (χ0n) is 10.8. The molecule has 0 bridgehead atoms. The van der Waals surface area contributed by atoms with Crippen LogP contribution in [-0.2, 0) is 5.41 Å². The summed E-state index contributed by atoms with van der Waals surface area (Å²) >= 11 is 4.20. The summed E-state index contributed by atoms with van der Waals surface area (Å²) < 4.78 is 0. The Labute approximate surface area is 105 Å². The Kier molecular flexibility index (Phi) is 4.88. The average Bonchev–Trinajstić information content (AvgIpc) is 2.22. The van der Waals surface area contributed by atoms with Gasteiger partial charge in [-0.3, -0.25) is 0 Å².